The maximum absolute atomic E-state index is 11.6. The number of hydrogen-bond acceptors (Lipinski definition) is 1. The van der Waals surface area contributed by atoms with Gasteiger partial charge in [0, 0.05) is 10.7 Å². The van der Waals surface area contributed by atoms with Crippen LogP contribution >= 0.6 is 11.6 Å². The molecule has 3 nitrogen and oxygen atoms in total. The van der Waals surface area contributed by atoms with Gasteiger partial charge in [-0.2, -0.15) is 0 Å². The van der Waals surface area contributed by atoms with Crippen LogP contribution in [0.2, 0.25) is 5.02 Å². The van der Waals surface area contributed by atoms with Crippen molar-refractivity contribution < 1.29 is 21.7 Å². The van der Waals surface area contributed by atoms with Crippen molar-refractivity contribution in [1.82, 2.24) is 0 Å². The second-order valence-electron chi connectivity index (χ2n) is 5.04. The van der Waals surface area contributed by atoms with Crippen molar-refractivity contribution in [1.29, 1.82) is 0 Å². The van der Waals surface area contributed by atoms with E-state index in [1.165, 1.54) is 0 Å². The molecule has 19 heavy (non-hydrogen) atoms. The SMILES string of the molecule is C[N+](C)(C)CC#CCC(=O)Nc1cccc(Cl)c1.[Cl-]. The normalized spacial score (nSPS) is 9.89. The third kappa shape index (κ3) is 8.50. The number of carbonyl (C=O) groups is 1. The lowest BCUT2D eigenvalue weighted by atomic mass is 10.3. The Morgan fingerprint density at radius 3 is 2.58 bits per heavy atom. The number of carbonyl (C=O) groups excluding carboxylic acids is 1. The molecule has 1 aromatic rings. The fourth-order valence-corrected chi connectivity index (χ4v) is 1.40. The number of nitrogens with zero attached hydrogens (tertiary/aromatic N) is 1. The van der Waals surface area contributed by atoms with Crippen LogP contribution in [0.5, 0.6) is 0 Å². The second kappa shape index (κ2) is 8.06. The number of amides is 1. The third-order valence-electron chi connectivity index (χ3n) is 2.04. The van der Waals surface area contributed by atoms with Gasteiger partial charge in [0.25, 0.3) is 0 Å². The van der Waals surface area contributed by atoms with Crippen molar-refractivity contribution in [2.24, 2.45) is 0 Å². The highest BCUT2D eigenvalue weighted by atomic mass is 35.5. The van der Waals surface area contributed by atoms with E-state index in [-0.39, 0.29) is 24.7 Å². The number of rotatable bonds is 3. The number of benzene rings is 1. The Kier molecular flexibility index (Phi) is 7.55. The summed E-state index contributed by atoms with van der Waals surface area (Å²) in [5.41, 5.74) is 0.695. The molecule has 0 aromatic heterocycles. The first-order valence-electron chi connectivity index (χ1n) is 5.68. The molecule has 0 aliphatic rings. The van der Waals surface area contributed by atoms with Gasteiger partial charge in [-0.3, -0.25) is 4.79 Å². The summed E-state index contributed by atoms with van der Waals surface area (Å²) in [5, 5.41) is 3.35. The first kappa shape index (κ1) is 17.8. The first-order valence-corrected chi connectivity index (χ1v) is 6.06. The smallest absolute Gasteiger partial charge is 0.236 e. The quantitative estimate of drug-likeness (QED) is 0.585. The average Bonchev–Trinajstić information content (AvgIpc) is 2.23. The maximum Gasteiger partial charge on any atom is 0.236 e. The summed E-state index contributed by atoms with van der Waals surface area (Å²) in [6.45, 7) is 0.727. The molecule has 0 radical (unpaired) electrons. The molecule has 0 saturated carbocycles. The predicted molar refractivity (Wildman–Crippen MR) is 75.4 cm³/mol. The molecule has 1 amide bonds. The Balaban J connectivity index is 0.00000324. The molecule has 0 heterocycles. The van der Waals surface area contributed by atoms with Crippen LogP contribution in [0.15, 0.2) is 24.3 Å². The van der Waals surface area contributed by atoms with Crippen LogP contribution in [0.3, 0.4) is 0 Å². The minimum atomic E-state index is -0.119. The lowest BCUT2D eigenvalue weighted by molar-refractivity contribution is -0.862. The van der Waals surface area contributed by atoms with Gasteiger partial charge in [-0.1, -0.05) is 23.6 Å². The van der Waals surface area contributed by atoms with Gasteiger partial charge in [0.05, 0.1) is 27.6 Å². The van der Waals surface area contributed by atoms with E-state index >= 15 is 0 Å². The molecule has 0 aliphatic carbocycles. The Morgan fingerprint density at radius 2 is 2.00 bits per heavy atom. The van der Waals surface area contributed by atoms with E-state index in [0.717, 1.165) is 11.0 Å². The summed E-state index contributed by atoms with van der Waals surface area (Å²) in [5.74, 6) is 5.74. The lowest BCUT2D eigenvalue weighted by Crippen LogP contribution is -3.00. The Bertz CT molecular complexity index is 484. The van der Waals surface area contributed by atoms with Gasteiger partial charge in [-0.05, 0) is 24.1 Å². The fourth-order valence-electron chi connectivity index (χ4n) is 1.21. The molecule has 0 atom stereocenters. The van der Waals surface area contributed by atoms with Gasteiger partial charge in [-0.15, -0.1) is 0 Å². The summed E-state index contributed by atoms with van der Waals surface area (Å²) in [6.07, 6.45) is 0.201. The molecule has 0 bridgehead atoms. The zero-order chi connectivity index (χ0) is 13.6. The largest absolute Gasteiger partial charge is 1.00 e. The minimum absolute atomic E-state index is 0. The van der Waals surface area contributed by atoms with E-state index in [4.69, 9.17) is 11.6 Å². The molecule has 0 aliphatic heterocycles. The zero-order valence-electron chi connectivity index (χ0n) is 11.3. The summed E-state index contributed by atoms with van der Waals surface area (Å²) in [4.78, 5) is 11.6. The summed E-state index contributed by atoms with van der Waals surface area (Å²) >= 11 is 5.82. The molecular formula is C14H18Cl2N2O. The number of nitrogens with one attached hydrogen (secondary N) is 1. The average molecular weight is 301 g/mol. The number of hydrogen-bond donors (Lipinski definition) is 1. The Hall–Kier alpha value is -1.21. The molecule has 104 valence electrons. The standard InChI is InChI=1S/C14H17ClN2O.ClH/c1-17(2,3)10-5-4-9-14(18)16-13-8-6-7-12(15)11-13;/h6-8,11H,9-10H2,1-3H3;1H. The predicted octanol–water partition coefficient (Wildman–Crippen LogP) is -0.618. The summed E-state index contributed by atoms with van der Waals surface area (Å²) < 4.78 is 0.767. The Labute approximate surface area is 125 Å². The van der Waals surface area contributed by atoms with E-state index in [1.54, 1.807) is 24.3 Å². The fraction of sp³-hybridized carbons (Fsp3) is 0.357. The lowest BCUT2D eigenvalue weighted by Gasteiger charge is -2.19. The summed E-state index contributed by atoms with van der Waals surface area (Å²) in [7, 11) is 6.17. The maximum atomic E-state index is 11.6. The van der Waals surface area contributed by atoms with Gasteiger partial charge in [0.2, 0.25) is 5.91 Å². The van der Waals surface area contributed by atoms with Gasteiger partial charge in [-0.25, -0.2) is 0 Å². The van der Waals surface area contributed by atoms with Crippen LogP contribution in [-0.2, 0) is 4.79 Å². The molecule has 1 aromatic carbocycles. The first-order chi connectivity index (χ1) is 8.37. The van der Waals surface area contributed by atoms with E-state index < -0.39 is 0 Å². The van der Waals surface area contributed by atoms with Crippen LogP contribution in [-0.4, -0.2) is 38.1 Å². The van der Waals surface area contributed by atoms with E-state index in [0.29, 0.717) is 10.7 Å². The molecule has 0 spiro atoms. The van der Waals surface area contributed by atoms with Crippen LogP contribution in [0.4, 0.5) is 5.69 Å². The third-order valence-corrected chi connectivity index (χ3v) is 2.27. The topological polar surface area (TPSA) is 29.1 Å². The van der Waals surface area contributed by atoms with E-state index in [1.807, 2.05) is 0 Å². The highest BCUT2D eigenvalue weighted by Crippen LogP contribution is 2.14. The van der Waals surface area contributed by atoms with Gasteiger partial charge in [0.1, 0.15) is 6.54 Å². The number of quaternary nitrogens is 1. The highest BCUT2D eigenvalue weighted by Gasteiger charge is 2.03. The molecule has 5 heteroatoms. The monoisotopic (exact) mass is 300 g/mol. The van der Waals surface area contributed by atoms with Gasteiger partial charge >= 0.3 is 0 Å². The van der Waals surface area contributed by atoms with E-state index in [9.17, 15) is 4.79 Å². The van der Waals surface area contributed by atoms with Crippen molar-refractivity contribution in [3.63, 3.8) is 0 Å². The van der Waals surface area contributed by atoms with Crippen molar-refractivity contribution >= 4 is 23.2 Å². The van der Waals surface area contributed by atoms with Gasteiger partial charge in [0.15, 0.2) is 0 Å². The summed E-state index contributed by atoms with van der Waals surface area (Å²) in [6, 6.07) is 7.06. The molecule has 1 N–H and O–H groups in total. The van der Waals surface area contributed by atoms with Crippen molar-refractivity contribution in [3.8, 4) is 11.8 Å². The van der Waals surface area contributed by atoms with Crippen molar-refractivity contribution in [3.05, 3.63) is 29.3 Å². The minimum Gasteiger partial charge on any atom is -1.00 e. The van der Waals surface area contributed by atoms with Crippen LogP contribution < -0.4 is 17.7 Å². The highest BCUT2D eigenvalue weighted by molar-refractivity contribution is 6.30. The molecule has 0 fully saturated rings. The van der Waals surface area contributed by atoms with E-state index in [2.05, 4.69) is 38.3 Å². The van der Waals surface area contributed by atoms with Crippen LogP contribution in [0.1, 0.15) is 6.42 Å². The van der Waals surface area contributed by atoms with Gasteiger partial charge < -0.3 is 22.2 Å². The van der Waals surface area contributed by atoms with Crippen LogP contribution in [0.25, 0.3) is 0 Å². The van der Waals surface area contributed by atoms with Crippen molar-refractivity contribution in [2.75, 3.05) is 33.0 Å². The van der Waals surface area contributed by atoms with Crippen molar-refractivity contribution in [2.45, 2.75) is 6.42 Å². The number of anilines is 1. The Morgan fingerprint density at radius 1 is 1.32 bits per heavy atom. The molecule has 1 rings (SSSR count). The molecule has 0 unspecified atom stereocenters. The molecule has 0 saturated heterocycles. The van der Waals surface area contributed by atoms with Crippen LogP contribution in [0, 0.1) is 11.8 Å². The number of halogens is 2. The zero-order valence-corrected chi connectivity index (χ0v) is 12.8. The molecular weight excluding hydrogens is 283 g/mol. The second-order valence-corrected chi connectivity index (χ2v) is 5.47.